The summed E-state index contributed by atoms with van der Waals surface area (Å²) in [5, 5.41) is 1.32. The molecule has 0 saturated heterocycles. The molecule has 0 aliphatic heterocycles. The molecule has 1 saturated carbocycles. The van der Waals surface area contributed by atoms with E-state index in [1.54, 1.807) is 6.07 Å². The van der Waals surface area contributed by atoms with Gasteiger partial charge in [-0.2, -0.15) is 11.8 Å². The Bertz CT molecular complexity index is 622. The van der Waals surface area contributed by atoms with Gasteiger partial charge in [-0.1, -0.05) is 23.2 Å². The van der Waals surface area contributed by atoms with Gasteiger partial charge in [0.2, 0.25) is 0 Å². The molecule has 0 aromatic heterocycles. The van der Waals surface area contributed by atoms with Crippen LogP contribution in [0.15, 0.2) is 23.1 Å². The zero-order valence-electron chi connectivity index (χ0n) is 12.8. The second kappa shape index (κ2) is 7.75. The Kier molecular flexibility index (Phi) is 6.48. The molecule has 0 N–H and O–H groups in total. The van der Waals surface area contributed by atoms with Crippen molar-refractivity contribution in [2.45, 2.75) is 35.4 Å². The van der Waals surface area contributed by atoms with Crippen molar-refractivity contribution in [3.63, 3.8) is 0 Å². The van der Waals surface area contributed by atoms with Gasteiger partial charge in [0.15, 0.2) is 9.84 Å². The van der Waals surface area contributed by atoms with Gasteiger partial charge in [-0.3, -0.25) is 0 Å². The van der Waals surface area contributed by atoms with Gasteiger partial charge in [-0.15, -0.1) is 0 Å². The number of halogens is 2. The van der Waals surface area contributed by atoms with E-state index >= 15 is 0 Å². The van der Waals surface area contributed by atoms with Crippen molar-refractivity contribution in [3.05, 3.63) is 28.2 Å². The first-order valence-corrected chi connectivity index (χ1v) is 10.9. The fourth-order valence-electron chi connectivity index (χ4n) is 2.80. The Morgan fingerprint density at radius 2 is 2.05 bits per heavy atom. The van der Waals surface area contributed by atoms with Gasteiger partial charge in [0.25, 0.3) is 0 Å². The van der Waals surface area contributed by atoms with Crippen molar-refractivity contribution in [2.75, 3.05) is 25.6 Å². The molecule has 0 amide bonds. The van der Waals surface area contributed by atoms with E-state index < -0.39 is 9.84 Å². The molecule has 22 heavy (non-hydrogen) atoms. The summed E-state index contributed by atoms with van der Waals surface area (Å²) in [6.45, 7) is 0.511. The van der Waals surface area contributed by atoms with Crippen molar-refractivity contribution < 1.29 is 8.42 Å². The molecule has 1 aromatic carbocycles. The zero-order valence-corrected chi connectivity index (χ0v) is 15.9. The number of hydrogen-bond acceptors (Lipinski definition) is 4. The number of benzene rings is 1. The van der Waals surface area contributed by atoms with Crippen LogP contribution in [0.1, 0.15) is 19.3 Å². The van der Waals surface area contributed by atoms with E-state index in [1.807, 2.05) is 18.8 Å². The maximum Gasteiger partial charge on any atom is 0.181 e. The smallest absolute Gasteiger partial charge is 0.181 e. The normalized spacial score (nSPS) is 22.4. The highest BCUT2D eigenvalue weighted by Gasteiger charge is 2.28. The van der Waals surface area contributed by atoms with Gasteiger partial charge >= 0.3 is 0 Å². The van der Waals surface area contributed by atoms with Crippen LogP contribution in [-0.2, 0) is 9.84 Å². The first-order chi connectivity index (χ1) is 10.3. The molecule has 0 radical (unpaired) electrons. The summed E-state index contributed by atoms with van der Waals surface area (Å²) in [5.74, 6) is 0.0595. The van der Waals surface area contributed by atoms with E-state index in [-0.39, 0.29) is 15.7 Å². The van der Waals surface area contributed by atoms with E-state index in [1.165, 1.54) is 18.6 Å². The van der Waals surface area contributed by atoms with Crippen molar-refractivity contribution >= 4 is 44.8 Å². The average molecular weight is 382 g/mol. The molecular weight excluding hydrogens is 361 g/mol. The van der Waals surface area contributed by atoms with Gasteiger partial charge in [-0.25, -0.2) is 8.42 Å². The van der Waals surface area contributed by atoms with Crippen LogP contribution < -0.4 is 0 Å². The van der Waals surface area contributed by atoms with Crippen LogP contribution >= 0.6 is 35.0 Å². The summed E-state index contributed by atoms with van der Waals surface area (Å²) in [7, 11) is -1.42. The minimum atomic E-state index is -3.42. The third-order valence-corrected chi connectivity index (χ3v) is 7.75. The highest BCUT2D eigenvalue weighted by atomic mass is 35.5. The second-order valence-corrected chi connectivity index (χ2v) is 9.76. The molecule has 1 aromatic rings. The lowest BCUT2D eigenvalue weighted by molar-refractivity contribution is 0.259. The SMILES string of the molecule is CS[C@H]1CC[C@@H](N(C)CCS(=O)(=O)c2cc(Cl)ccc2Cl)C1. The summed E-state index contributed by atoms with van der Waals surface area (Å²) in [4.78, 5) is 2.29. The molecule has 2 rings (SSSR count). The fourth-order valence-corrected chi connectivity index (χ4v) is 5.72. The third kappa shape index (κ3) is 4.54. The first kappa shape index (κ1) is 18.4. The summed E-state index contributed by atoms with van der Waals surface area (Å²) < 4.78 is 24.9. The summed E-state index contributed by atoms with van der Waals surface area (Å²) >= 11 is 13.8. The Balaban J connectivity index is 1.99. The molecule has 0 heterocycles. The largest absolute Gasteiger partial charge is 0.302 e. The number of thioether (sulfide) groups is 1. The van der Waals surface area contributed by atoms with Crippen LogP contribution in [0.4, 0.5) is 0 Å². The van der Waals surface area contributed by atoms with E-state index in [0.29, 0.717) is 22.9 Å². The summed E-state index contributed by atoms with van der Waals surface area (Å²) in [6, 6.07) is 5.03. The van der Waals surface area contributed by atoms with Crippen molar-refractivity contribution in [3.8, 4) is 0 Å². The Labute approximate surface area is 147 Å². The number of hydrogen-bond donors (Lipinski definition) is 0. The van der Waals surface area contributed by atoms with E-state index in [4.69, 9.17) is 23.2 Å². The minimum Gasteiger partial charge on any atom is -0.302 e. The predicted molar refractivity (Wildman–Crippen MR) is 96.1 cm³/mol. The lowest BCUT2D eigenvalue weighted by Crippen LogP contribution is -2.34. The molecule has 7 heteroatoms. The molecule has 124 valence electrons. The molecule has 3 nitrogen and oxygen atoms in total. The van der Waals surface area contributed by atoms with Crippen molar-refractivity contribution in [1.29, 1.82) is 0 Å². The molecule has 1 aliphatic carbocycles. The number of sulfone groups is 1. The quantitative estimate of drug-likeness (QED) is 0.746. The van der Waals surface area contributed by atoms with Gasteiger partial charge in [-0.05, 0) is 50.8 Å². The van der Waals surface area contributed by atoms with Gasteiger partial charge in [0.05, 0.1) is 15.7 Å². The highest BCUT2D eigenvalue weighted by molar-refractivity contribution is 7.99. The first-order valence-electron chi connectivity index (χ1n) is 7.24. The van der Waals surface area contributed by atoms with Crippen molar-refractivity contribution in [1.82, 2.24) is 4.90 Å². The van der Waals surface area contributed by atoms with Crippen LogP contribution in [0.5, 0.6) is 0 Å². The minimum absolute atomic E-state index is 0.0595. The maximum atomic E-state index is 12.5. The lowest BCUT2D eigenvalue weighted by Gasteiger charge is -2.24. The van der Waals surface area contributed by atoms with Gasteiger partial charge < -0.3 is 4.90 Å². The Morgan fingerprint density at radius 3 is 2.68 bits per heavy atom. The Morgan fingerprint density at radius 1 is 1.32 bits per heavy atom. The molecule has 1 aliphatic rings. The third-order valence-electron chi connectivity index (χ3n) is 4.25. The molecule has 0 spiro atoms. The number of rotatable bonds is 6. The topological polar surface area (TPSA) is 37.4 Å². The second-order valence-electron chi connectivity index (χ2n) is 5.70. The average Bonchev–Trinajstić information content (AvgIpc) is 2.96. The summed E-state index contributed by atoms with van der Waals surface area (Å²) in [5.41, 5.74) is 0. The Hall–Kier alpha value is 0.0600. The monoisotopic (exact) mass is 381 g/mol. The standard InChI is InChI=1S/C15H21Cl2NO2S2/c1-18(12-4-5-13(10-12)21-2)7-8-22(19,20)15-9-11(16)3-6-14(15)17/h3,6,9,12-13H,4-5,7-8,10H2,1-2H3/t12-,13+/m1/s1. The van der Waals surface area contributed by atoms with Crippen LogP contribution in [0.2, 0.25) is 10.0 Å². The van der Waals surface area contributed by atoms with Crippen LogP contribution in [0.3, 0.4) is 0 Å². The van der Waals surface area contributed by atoms with Crippen molar-refractivity contribution in [2.24, 2.45) is 0 Å². The van der Waals surface area contributed by atoms with Gasteiger partial charge in [0.1, 0.15) is 0 Å². The lowest BCUT2D eigenvalue weighted by atomic mass is 10.2. The maximum absolute atomic E-state index is 12.5. The van der Waals surface area contributed by atoms with Crippen LogP contribution in [0.25, 0.3) is 0 Å². The zero-order chi connectivity index (χ0) is 16.3. The number of nitrogens with zero attached hydrogens (tertiary/aromatic N) is 1. The molecule has 1 fully saturated rings. The summed E-state index contributed by atoms with van der Waals surface area (Å²) in [6.07, 6.45) is 5.62. The molecule has 0 unspecified atom stereocenters. The predicted octanol–water partition coefficient (Wildman–Crippen LogP) is 3.98. The van der Waals surface area contributed by atoms with Gasteiger partial charge in [0, 0.05) is 22.9 Å². The molecule has 0 bridgehead atoms. The van der Waals surface area contributed by atoms with E-state index in [9.17, 15) is 8.42 Å². The van der Waals surface area contributed by atoms with E-state index in [0.717, 1.165) is 12.8 Å². The van der Waals surface area contributed by atoms with Crippen LogP contribution in [-0.4, -0.2) is 50.2 Å². The fraction of sp³-hybridized carbons (Fsp3) is 0.600. The molecular formula is C15H21Cl2NO2S2. The molecule has 2 atom stereocenters. The highest BCUT2D eigenvalue weighted by Crippen LogP contribution is 2.31. The van der Waals surface area contributed by atoms with E-state index in [2.05, 4.69) is 11.2 Å². The van der Waals surface area contributed by atoms with Crippen LogP contribution in [0, 0.1) is 0 Å².